The van der Waals surface area contributed by atoms with Gasteiger partial charge in [0.25, 0.3) is 0 Å². The number of hydrogen-bond acceptors (Lipinski definition) is 5. The number of nitrogens with zero attached hydrogens (tertiary/aromatic N) is 2. The Bertz CT molecular complexity index is 659. The van der Waals surface area contributed by atoms with Gasteiger partial charge in [0.15, 0.2) is 0 Å². The maximum Gasteiger partial charge on any atom is 0.0549 e. The second-order valence-corrected chi connectivity index (χ2v) is 5.39. The van der Waals surface area contributed by atoms with Gasteiger partial charge in [0.05, 0.1) is 9.40 Å². The molecule has 4 rings (SSSR count). The van der Waals surface area contributed by atoms with Crippen LogP contribution in [0.3, 0.4) is 0 Å². The van der Waals surface area contributed by atoms with Gasteiger partial charge in [-0.3, -0.25) is 0 Å². The van der Waals surface area contributed by atoms with Gasteiger partial charge in [-0.25, -0.2) is 0 Å². The van der Waals surface area contributed by atoms with Crippen molar-refractivity contribution in [1.82, 2.24) is 8.75 Å². The fraction of sp³-hybridized carbons (Fsp3) is 0. The van der Waals surface area contributed by atoms with Crippen LogP contribution in [-0.2, 0) is 4.79 Å². The third-order valence-electron chi connectivity index (χ3n) is 2.52. The molecule has 3 nitrogen and oxygen atoms in total. The molecule has 2 aromatic carbocycles. The monoisotopic (exact) mass is 324 g/mol. The van der Waals surface area contributed by atoms with Crippen LogP contribution in [0.15, 0.2) is 60.9 Å². The van der Waals surface area contributed by atoms with Crippen molar-refractivity contribution in [2.45, 2.75) is 0 Å². The molecule has 0 unspecified atom stereocenters. The minimum atomic E-state index is 0. The van der Waals surface area contributed by atoms with Crippen molar-refractivity contribution < 1.29 is 4.79 Å². The Labute approximate surface area is 153 Å². The first-order valence-corrected chi connectivity index (χ1v) is 7.36. The van der Waals surface area contributed by atoms with Gasteiger partial charge < -0.3 is 4.79 Å². The molecule has 102 valence electrons. The molecular formula is C15H13N2NaOS2. The van der Waals surface area contributed by atoms with Crippen LogP contribution in [0.4, 0.5) is 0 Å². The second kappa shape index (κ2) is 9.76. The normalized spacial score (nSPS) is 8.95. The summed E-state index contributed by atoms with van der Waals surface area (Å²) >= 11 is 3.07. The molecule has 0 saturated carbocycles. The maximum absolute atomic E-state index is 8.00. The predicted molar refractivity (Wildman–Crippen MR) is 93.5 cm³/mol. The average molecular weight is 324 g/mol. The molecule has 0 saturated heterocycles. The van der Waals surface area contributed by atoms with E-state index in [9.17, 15) is 0 Å². The fourth-order valence-corrected chi connectivity index (χ4v) is 2.91. The maximum atomic E-state index is 8.00. The first-order chi connectivity index (χ1) is 9.93. The summed E-state index contributed by atoms with van der Waals surface area (Å²) in [6.07, 6.45) is 3.78. The standard InChI is InChI=1S/2C7H5NS.CH2O.Na.H/c2*1-2-4-7-6(3-1)5-8-9-7;1-2;;/h2*1-5H;1H2;;. The van der Waals surface area contributed by atoms with E-state index in [1.165, 1.54) is 43.2 Å². The van der Waals surface area contributed by atoms with Crippen LogP contribution in [0.25, 0.3) is 20.2 Å². The van der Waals surface area contributed by atoms with Crippen molar-refractivity contribution in [3.63, 3.8) is 0 Å². The zero-order chi connectivity index (χ0) is 14.2. The quantitative estimate of drug-likeness (QED) is 0.463. The third-order valence-corrected chi connectivity index (χ3v) is 4.08. The molecule has 0 aliphatic carbocycles. The van der Waals surface area contributed by atoms with Crippen LogP contribution in [0.1, 0.15) is 0 Å². The van der Waals surface area contributed by atoms with E-state index in [0.29, 0.717) is 0 Å². The summed E-state index contributed by atoms with van der Waals surface area (Å²) in [7, 11) is 0. The Hall–Kier alpha value is -1.11. The van der Waals surface area contributed by atoms with Crippen LogP contribution >= 0.6 is 23.1 Å². The number of rotatable bonds is 0. The number of carbonyl (C=O) groups excluding carboxylic acids is 1. The van der Waals surface area contributed by atoms with Crippen molar-refractivity contribution in [1.29, 1.82) is 0 Å². The van der Waals surface area contributed by atoms with Crippen LogP contribution in [0.5, 0.6) is 0 Å². The van der Waals surface area contributed by atoms with E-state index in [2.05, 4.69) is 33.0 Å². The number of fused-ring (bicyclic) bond motifs is 2. The average Bonchev–Trinajstić information content (AvgIpc) is 3.18. The van der Waals surface area contributed by atoms with E-state index in [1.54, 1.807) is 0 Å². The van der Waals surface area contributed by atoms with Crippen molar-refractivity contribution >= 4 is 79.6 Å². The van der Waals surface area contributed by atoms with E-state index in [0.717, 1.165) is 0 Å². The SMILES string of the molecule is C=O.[NaH].c1ccc2sncc2c1.c1ccc2sncc2c1. The molecule has 0 N–H and O–H groups in total. The first kappa shape index (κ1) is 17.9. The Morgan fingerprint density at radius 3 is 1.48 bits per heavy atom. The fourth-order valence-electron chi connectivity index (χ4n) is 1.62. The Morgan fingerprint density at radius 2 is 1.10 bits per heavy atom. The molecule has 0 aliphatic heterocycles. The van der Waals surface area contributed by atoms with Crippen LogP contribution in [0, 0.1) is 0 Å². The van der Waals surface area contributed by atoms with Gasteiger partial charge in [-0.15, -0.1) is 0 Å². The van der Waals surface area contributed by atoms with E-state index in [-0.39, 0.29) is 29.6 Å². The van der Waals surface area contributed by atoms with Crippen molar-refractivity contribution in [3.8, 4) is 0 Å². The van der Waals surface area contributed by atoms with Crippen molar-refractivity contribution in [2.75, 3.05) is 0 Å². The zero-order valence-corrected chi connectivity index (χ0v) is 12.2. The summed E-state index contributed by atoms with van der Waals surface area (Å²) in [6.45, 7) is 2.00. The smallest absolute Gasteiger partial charge is 0.0549 e. The number of carbonyl (C=O) groups is 1. The summed E-state index contributed by atoms with van der Waals surface area (Å²) in [6, 6.07) is 16.4. The molecule has 4 aromatic rings. The van der Waals surface area contributed by atoms with Crippen LogP contribution in [-0.4, -0.2) is 45.1 Å². The molecule has 21 heavy (non-hydrogen) atoms. The molecule has 0 amide bonds. The van der Waals surface area contributed by atoms with Gasteiger partial charge in [0, 0.05) is 23.2 Å². The minimum Gasteiger partial charge on any atom is -0.200 e. The summed E-state index contributed by atoms with van der Waals surface area (Å²) < 4.78 is 10.6. The molecule has 0 bridgehead atoms. The Balaban J connectivity index is 0.000000181. The molecular weight excluding hydrogens is 311 g/mol. The van der Waals surface area contributed by atoms with Gasteiger partial charge in [0.1, 0.15) is 6.79 Å². The predicted octanol–water partition coefficient (Wildman–Crippen LogP) is 3.76. The van der Waals surface area contributed by atoms with Gasteiger partial charge in [0.2, 0.25) is 0 Å². The summed E-state index contributed by atoms with van der Waals surface area (Å²) in [5.41, 5.74) is 0. The largest absolute Gasteiger partial charge is 0.200 e. The summed E-state index contributed by atoms with van der Waals surface area (Å²) in [4.78, 5) is 8.00. The van der Waals surface area contributed by atoms with E-state index >= 15 is 0 Å². The van der Waals surface area contributed by atoms with Gasteiger partial charge in [-0.05, 0) is 35.2 Å². The molecule has 0 fully saturated rings. The Morgan fingerprint density at radius 1 is 0.714 bits per heavy atom. The molecule has 0 spiro atoms. The molecule has 2 heterocycles. The summed E-state index contributed by atoms with van der Waals surface area (Å²) in [5, 5.41) is 2.48. The van der Waals surface area contributed by atoms with E-state index in [4.69, 9.17) is 4.79 Å². The second-order valence-electron chi connectivity index (χ2n) is 3.73. The molecule has 2 aromatic heterocycles. The van der Waals surface area contributed by atoms with Crippen molar-refractivity contribution in [3.05, 3.63) is 60.9 Å². The Kier molecular flexibility index (Phi) is 8.34. The van der Waals surface area contributed by atoms with E-state index in [1.807, 2.05) is 43.4 Å². The molecule has 0 radical (unpaired) electrons. The van der Waals surface area contributed by atoms with Gasteiger partial charge >= 0.3 is 29.6 Å². The zero-order valence-electron chi connectivity index (χ0n) is 10.6. The first-order valence-electron chi connectivity index (χ1n) is 5.81. The minimum absolute atomic E-state index is 0. The van der Waals surface area contributed by atoms with Gasteiger partial charge in [-0.2, -0.15) is 8.75 Å². The van der Waals surface area contributed by atoms with E-state index < -0.39 is 0 Å². The molecule has 0 atom stereocenters. The van der Waals surface area contributed by atoms with Crippen molar-refractivity contribution in [2.24, 2.45) is 0 Å². The molecule has 0 aliphatic rings. The number of aromatic nitrogens is 2. The number of benzene rings is 2. The summed E-state index contributed by atoms with van der Waals surface area (Å²) in [5.74, 6) is 0. The third kappa shape index (κ3) is 4.98. The van der Waals surface area contributed by atoms with Crippen LogP contribution < -0.4 is 0 Å². The molecule has 6 heteroatoms. The number of hydrogen-bond donors (Lipinski definition) is 0. The van der Waals surface area contributed by atoms with Gasteiger partial charge in [-0.1, -0.05) is 36.4 Å². The topological polar surface area (TPSA) is 42.9 Å². The van der Waals surface area contributed by atoms with Crippen LogP contribution in [0.2, 0.25) is 0 Å².